The summed E-state index contributed by atoms with van der Waals surface area (Å²) >= 11 is 0. The third kappa shape index (κ3) is 1.86. The van der Waals surface area contributed by atoms with Crippen molar-refractivity contribution in [3.63, 3.8) is 0 Å². The Bertz CT molecular complexity index is 624. The molecule has 102 valence electrons. The largest absolute Gasteiger partial charge is 0.409 e. The van der Waals surface area contributed by atoms with E-state index >= 15 is 0 Å². The van der Waals surface area contributed by atoms with Gasteiger partial charge in [-0.25, -0.2) is 0 Å². The SMILES string of the molecule is C[Si@@]1(c2ccccc2)CC[C@@H]2c3ccccc3C[C@@H]2O1. The van der Waals surface area contributed by atoms with Crippen LogP contribution < -0.4 is 5.19 Å². The van der Waals surface area contributed by atoms with Gasteiger partial charge >= 0.3 is 0 Å². The lowest BCUT2D eigenvalue weighted by Crippen LogP contribution is -2.53. The highest BCUT2D eigenvalue weighted by Gasteiger charge is 2.45. The van der Waals surface area contributed by atoms with Crippen LogP contribution in [0.2, 0.25) is 12.6 Å². The standard InChI is InChI=1S/C18H20OSi/c1-20(15-8-3-2-4-9-15)12-11-17-16-10-6-5-7-14(16)13-18(17)19-20/h2-10,17-18H,11-13H2,1H3/t17-,18+,20+/m1/s1. The van der Waals surface area contributed by atoms with E-state index in [1.54, 1.807) is 5.56 Å². The normalized spacial score (nSPS) is 31.6. The summed E-state index contributed by atoms with van der Waals surface area (Å²) in [5.41, 5.74) is 3.05. The lowest BCUT2D eigenvalue weighted by molar-refractivity contribution is 0.153. The van der Waals surface area contributed by atoms with Crippen LogP contribution in [0.25, 0.3) is 0 Å². The summed E-state index contributed by atoms with van der Waals surface area (Å²) in [7, 11) is -1.74. The maximum Gasteiger partial charge on any atom is 0.221 e. The summed E-state index contributed by atoms with van der Waals surface area (Å²) in [4.78, 5) is 0. The minimum absolute atomic E-state index is 0.415. The van der Waals surface area contributed by atoms with Gasteiger partial charge in [-0.2, -0.15) is 0 Å². The lowest BCUT2D eigenvalue weighted by Gasteiger charge is -2.39. The van der Waals surface area contributed by atoms with Crippen molar-refractivity contribution in [3.8, 4) is 0 Å². The highest BCUT2D eigenvalue weighted by Crippen LogP contribution is 2.44. The number of rotatable bonds is 1. The molecule has 1 saturated heterocycles. The fourth-order valence-corrected chi connectivity index (χ4v) is 7.15. The number of hydrogen-bond donors (Lipinski definition) is 0. The van der Waals surface area contributed by atoms with Gasteiger partial charge in [0.1, 0.15) is 0 Å². The zero-order chi connectivity index (χ0) is 13.6. The molecular formula is C18H20OSi. The van der Waals surface area contributed by atoms with Crippen LogP contribution >= 0.6 is 0 Å². The molecule has 0 saturated carbocycles. The van der Waals surface area contributed by atoms with Crippen LogP contribution in [0.1, 0.15) is 23.5 Å². The maximum atomic E-state index is 6.71. The van der Waals surface area contributed by atoms with Crippen molar-refractivity contribution < 1.29 is 4.43 Å². The molecule has 0 bridgehead atoms. The molecule has 4 rings (SSSR count). The van der Waals surface area contributed by atoms with E-state index in [2.05, 4.69) is 61.1 Å². The topological polar surface area (TPSA) is 9.23 Å². The Kier molecular flexibility index (Phi) is 2.83. The summed E-state index contributed by atoms with van der Waals surface area (Å²) in [6.45, 7) is 2.39. The average Bonchev–Trinajstić information content (AvgIpc) is 2.85. The quantitative estimate of drug-likeness (QED) is 0.725. The van der Waals surface area contributed by atoms with Crippen LogP contribution in [0.5, 0.6) is 0 Å². The first-order valence-corrected chi connectivity index (χ1v) is 10.2. The molecule has 1 fully saturated rings. The Morgan fingerprint density at radius 1 is 1.00 bits per heavy atom. The molecule has 1 heterocycles. The second-order valence-corrected chi connectivity index (χ2v) is 10.1. The van der Waals surface area contributed by atoms with Gasteiger partial charge in [-0.15, -0.1) is 0 Å². The molecule has 0 radical (unpaired) electrons. The van der Waals surface area contributed by atoms with E-state index in [9.17, 15) is 0 Å². The second-order valence-electron chi connectivity index (χ2n) is 6.30. The van der Waals surface area contributed by atoms with Gasteiger partial charge in [0.25, 0.3) is 0 Å². The molecule has 0 spiro atoms. The molecule has 2 heteroatoms. The molecular weight excluding hydrogens is 260 g/mol. The first kappa shape index (κ1) is 12.4. The fraction of sp³-hybridized carbons (Fsp3) is 0.333. The molecule has 2 aliphatic rings. The zero-order valence-corrected chi connectivity index (χ0v) is 12.9. The van der Waals surface area contributed by atoms with E-state index in [1.165, 1.54) is 23.2 Å². The Labute approximate surface area is 121 Å². The molecule has 2 aromatic rings. The second kappa shape index (κ2) is 4.57. The van der Waals surface area contributed by atoms with Crippen LogP contribution in [0.4, 0.5) is 0 Å². The van der Waals surface area contributed by atoms with E-state index in [0.29, 0.717) is 12.0 Å². The van der Waals surface area contributed by atoms with Crippen LogP contribution in [-0.2, 0) is 10.8 Å². The average molecular weight is 280 g/mol. The summed E-state index contributed by atoms with van der Waals surface area (Å²) in [6, 6.07) is 21.1. The Morgan fingerprint density at radius 3 is 2.60 bits per heavy atom. The van der Waals surface area contributed by atoms with E-state index in [-0.39, 0.29) is 0 Å². The molecule has 1 aliphatic carbocycles. The van der Waals surface area contributed by atoms with E-state index in [4.69, 9.17) is 4.43 Å². The van der Waals surface area contributed by atoms with Gasteiger partial charge in [-0.05, 0) is 41.7 Å². The first-order chi connectivity index (χ1) is 9.76. The molecule has 1 nitrogen and oxygen atoms in total. The summed E-state index contributed by atoms with van der Waals surface area (Å²) in [6.07, 6.45) is 2.81. The van der Waals surface area contributed by atoms with Gasteiger partial charge < -0.3 is 4.43 Å². The summed E-state index contributed by atoms with van der Waals surface area (Å²) in [5.74, 6) is 0.635. The van der Waals surface area contributed by atoms with Gasteiger partial charge in [0.2, 0.25) is 8.32 Å². The third-order valence-electron chi connectivity index (χ3n) is 5.05. The monoisotopic (exact) mass is 280 g/mol. The minimum atomic E-state index is -1.74. The summed E-state index contributed by atoms with van der Waals surface area (Å²) in [5, 5.41) is 1.45. The van der Waals surface area contributed by atoms with Gasteiger partial charge in [0.15, 0.2) is 0 Å². The molecule has 2 aromatic carbocycles. The van der Waals surface area contributed by atoms with E-state index in [1.807, 2.05) is 0 Å². The zero-order valence-electron chi connectivity index (χ0n) is 11.9. The first-order valence-electron chi connectivity index (χ1n) is 7.57. The van der Waals surface area contributed by atoms with Crippen molar-refractivity contribution in [2.24, 2.45) is 0 Å². The number of fused-ring (bicyclic) bond motifs is 3. The third-order valence-corrected chi connectivity index (χ3v) is 8.67. The fourth-order valence-electron chi connectivity index (χ4n) is 3.93. The Morgan fingerprint density at radius 2 is 1.75 bits per heavy atom. The van der Waals surface area contributed by atoms with Crippen LogP contribution in [0, 0.1) is 0 Å². The number of hydrogen-bond acceptors (Lipinski definition) is 1. The van der Waals surface area contributed by atoms with E-state index in [0.717, 1.165) is 6.42 Å². The van der Waals surface area contributed by atoms with Gasteiger partial charge in [0, 0.05) is 5.92 Å². The highest BCUT2D eigenvalue weighted by molar-refractivity contribution is 6.85. The van der Waals surface area contributed by atoms with Crippen LogP contribution in [0.3, 0.4) is 0 Å². The lowest BCUT2D eigenvalue weighted by atomic mass is 9.97. The highest BCUT2D eigenvalue weighted by atomic mass is 28.4. The number of benzene rings is 2. The maximum absolute atomic E-state index is 6.71. The minimum Gasteiger partial charge on any atom is -0.409 e. The van der Waals surface area contributed by atoms with Crippen molar-refractivity contribution in [1.82, 2.24) is 0 Å². The van der Waals surface area contributed by atoms with Crippen molar-refractivity contribution in [2.75, 3.05) is 0 Å². The van der Waals surface area contributed by atoms with Crippen molar-refractivity contribution in [2.45, 2.75) is 37.5 Å². The van der Waals surface area contributed by atoms with Gasteiger partial charge in [0.05, 0.1) is 6.10 Å². The molecule has 0 N–H and O–H groups in total. The van der Waals surface area contributed by atoms with Crippen molar-refractivity contribution >= 4 is 13.5 Å². The van der Waals surface area contributed by atoms with Crippen LogP contribution in [-0.4, -0.2) is 14.4 Å². The Hall–Kier alpha value is -1.38. The van der Waals surface area contributed by atoms with Crippen molar-refractivity contribution in [1.29, 1.82) is 0 Å². The van der Waals surface area contributed by atoms with Gasteiger partial charge in [-0.1, -0.05) is 54.6 Å². The molecule has 1 aliphatic heterocycles. The predicted octanol–water partition coefficient (Wildman–Crippen LogP) is 3.60. The van der Waals surface area contributed by atoms with E-state index < -0.39 is 8.32 Å². The molecule has 0 amide bonds. The molecule has 3 atom stereocenters. The Balaban J connectivity index is 1.64. The molecule has 0 unspecified atom stereocenters. The predicted molar refractivity (Wildman–Crippen MR) is 84.9 cm³/mol. The summed E-state index contributed by atoms with van der Waals surface area (Å²) < 4.78 is 6.71. The molecule has 20 heavy (non-hydrogen) atoms. The smallest absolute Gasteiger partial charge is 0.221 e. The molecule has 0 aromatic heterocycles. The van der Waals surface area contributed by atoms with Crippen molar-refractivity contribution in [3.05, 3.63) is 65.7 Å². The van der Waals surface area contributed by atoms with Crippen LogP contribution in [0.15, 0.2) is 54.6 Å². The van der Waals surface area contributed by atoms with Gasteiger partial charge in [-0.3, -0.25) is 0 Å².